The lowest BCUT2D eigenvalue weighted by molar-refractivity contribution is 0.107. The summed E-state index contributed by atoms with van der Waals surface area (Å²) in [4.78, 5) is 18.0. The van der Waals surface area contributed by atoms with Crippen molar-refractivity contribution in [2.45, 2.75) is 69.6 Å². The van der Waals surface area contributed by atoms with Gasteiger partial charge in [-0.1, -0.05) is 19.4 Å². The Hall–Kier alpha value is -3.70. The summed E-state index contributed by atoms with van der Waals surface area (Å²) in [6.07, 6.45) is 5.92. The standard InChI is InChI=1S/C33H37F3N6O2/c1-2-23-26(35)8-7-19-12-22(43)13-24(27(19)23)29-28(36)30-25(15-38-29)31(41-10-4-3-6-21(37)17-41)40-32(39-30)44-18-33-9-5-11-42(33)16-20(34)14-33/h7-8,12-13,15,20-21,43H,2-6,9-11,14,16-18,37H2,1H3/t20-,21-,33+/m1/s1. The molecule has 3 N–H and O–H groups in total. The molecule has 0 amide bonds. The van der Waals surface area contributed by atoms with Crippen molar-refractivity contribution >= 4 is 27.5 Å². The number of aryl methyl sites for hydroxylation is 1. The third-order valence-corrected chi connectivity index (χ3v) is 9.64. The smallest absolute Gasteiger partial charge is 0.319 e. The maximum atomic E-state index is 16.8. The Labute approximate surface area is 254 Å². The van der Waals surface area contributed by atoms with Crippen LogP contribution in [0.1, 0.15) is 51.0 Å². The molecule has 3 aliphatic rings. The summed E-state index contributed by atoms with van der Waals surface area (Å²) in [5.74, 6) is -0.735. The molecule has 0 aliphatic carbocycles. The highest BCUT2D eigenvalue weighted by Crippen LogP contribution is 2.42. The summed E-state index contributed by atoms with van der Waals surface area (Å²) in [6.45, 7) is 4.45. The minimum atomic E-state index is -0.911. The molecule has 3 fully saturated rings. The molecule has 3 atom stereocenters. The van der Waals surface area contributed by atoms with Gasteiger partial charge in [0.25, 0.3) is 0 Å². The number of benzene rings is 2. The number of aromatic hydroxyl groups is 1. The van der Waals surface area contributed by atoms with Gasteiger partial charge in [0.2, 0.25) is 0 Å². The predicted octanol–water partition coefficient (Wildman–Crippen LogP) is 5.66. The summed E-state index contributed by atoms with van der Waals surface area (Å²) in [6, 6.07) is 5.79. The van der Waals surface area contributed by atoms with E-state index in [0.29, 0.717) is 60.0 Å². The van der Waals surface area contributed by atoms with Crippen LogP contribution in [0, 0.1) is 11.6 Å². The minimum absolute atomic E-state index is 0.00552. The fraction of sp³-hybridized carbons (Fsp3) is 0.485. The van der Waals surface area contributed by atoms with Gasteiger partial charge in [0.05, 0.1) is 10.9 Å². The Morgan fingerprint density at radius 1 is 1.11 bits per heavy atom. The average Bonchev–Trinajstić information content (AvgIpc) is 3.43. The molecule has 4 aromatic rings. The molecule has 11 heteroatoms. The average molecular weight is 607 g/mol. The summed E-state index contributed by atoms with van der Waals surface area (Å²) >= 11 is 0. The van der Waals surface area contributed by atoms with Crippen LogP contribution < -0.4 is 15.4 Å². The van der Waals surface area contributed by atoms with Gasteiger partial charge >= 0.3 is 6.01 Å². The van der Waals surface area contributed by atoms with Crippen molar-refractivity contribution in [1.82, 2.24) is 19.9 Å². The summed E-state index contributed by atoms with van der Waals surface area (Å²) in [7, 11) is 0. The molecule has 0 radical (unpaired) electrons. The van der Waals surface area contributed by atoms with Crippen LogP contribution in [0.3, 0.4) is 0 Å². The molecule has 2 aromatic heterocycles. The Bertz CT molecular complexity index is 1740. The molecule has 3 aliphatic heterocycles. The second-order valence-electron chi connectivity index (χ2n) is 12.5. The van der Waals surface area contributed by atoms with Crippen LogP contribution in [-0.4, -0.2) is 75.5 Å². The van der Waals surface area contributed by atoms with Gasteiger partial charge in [0, 0.05) is 43.9 Å². The zero-order valence-electron chi connectivity index (χ0n) is 24.8. The van der Waals surface area contributed by atoms with Crippen LogP contribution in [0.4, 0.5) is 19.0 Å². The number of phenolic OH excluding ortho intramolecular Hbond substituents is 1. The maximum Gasteiger partial charge on any atom is 0.319 e. The van der Waals surface area contributed by atoms with Crippen LogP contribution >= 0.6 is 0 Å². The molecule has 232 valence electrons. The summed E-state index contributed by atoms with van der Waals surface area (Å²) < 4.78 is 52.3. The van der Waals surface area contributed by atoms with E-state index in [0.717, 1.165) is 38.6 Å². The number of pyridine rings is 1. The van der Waals surface area contributed by atoms with E-state index in [9.17, 15) is 13.9 Å². The second-order valence-corrected chi connectivity index (χ2v) is 12.5. The Kier molecular flexibility index (Phi) is 7.48. The number of fused-ring (bicyclic) bond motifs is 3. The van der Waals surface area contributed by atoms with E-state index in [1.165, 1.54) is 24.4 Å². The molecule has 44 heavy (non-hydrogen) atoms. The van der Waals surface area contributed by atoms with E-state index in [-0.39, 0.29) is 41.2 Å². The number of rotatable bonds is 6. The van der Waals surface area contributed by atoms with Gasteiger partial charge < -0.3 is 20.5 Å². The van der Waals surface area contributed by atoms with E-state index in [1.54, 1.807) is 6.07 Å². The monoisotopic (exact) mass is 606 g/mol. The highest BCUT2D eigenvalue weighted by molar-refractivity contribution is 6.01. The van der Waals surface area contributed by atoms with E-state index in [1.807, 2.05) is 11.8 Å². The fourth-order valence-electron chi connectivity index (χ4n) is 7.56. The van der Waals surface area contributed by atoms with Crippen molar-refractivity contribution in [2.24, 2.45) is 5.73 Å². The SMILES string of the molecule is CCc1c(F)ccc2cc(O)cc(-c3ncc4c(N5CCCC[C@@H](N)C5)nc(OC[C@@]56CCCN5C[C@H](F)C6)nc4c3F)c12. The van der Waals surface area contributed by atoms with Gasteiger partial charge in [-0.2, -0.15) is 9.97 Å². The lowest BCUT2D eigenvalue weighted by atomic mass is 9.94. The molecular formula is C33H37F3N6O2. The Morgan fingerprint density at radius 2 is 1.98 bits per heavy atom. The zero-order chi connectivity index (χ0) is 30.6. The number of aromatic nitrogens is 3. The van der Waals surface area contributed by atoms with Gasteiger partial charge in [-0.3, -0.25) is 9.88 Å². The number of alkyl halides is 1. The lowest BCUT2D eigenvalue weighted by Crippen LogP contribution is -2.43. The Morgan fingerprint density at radius 3 is 2.82 bits per heavy atom. The summed E-state index contributed by atoms with van der Waals surface area (Å²) in [5.41, 5.74) is 6.60. The third kappa shape index (κ3) is 4.99. The van der Waals surface area contributed by atoms with E-state index in [4.69, 9.17) is 15.5 Å². The number of halogens is 3. The number of hydrogen-bond acceptors (Lipinski definition) is 8. The normalized spacial score (nSPS) is 24.2. The predicted molar refractivity (Wildman–Crippen MR) is 164 cm³/mol. The van der Waals surface area contributed by atoms with Crippen molar-refractivity contribution in [1.29, 1.82) is 0 Å². The topological polar surface area (TPSA) is 101 Å². The summed E-state index contributed by atoms with van der Waals surface area (Å²) in [5, 5.41) is 12.0. The molecule has 5 heterocycles. The van der Waals surface area contributed by atoms with E-state index < -0.39 is 23.3 Å². The fourth-order valence-corrected chi connectivity index (χ4v) is 7.56. The minimum Gasteiger partial charge on any atom is -0.508 e. The third-order valence-electron chi connectivity index (χ3n) is 9.64. The first kappa shape index (κ1) is 29.0. The van der Waals surface area contributed by atoms with Gasteiger partial charge in [0.1, 0.15) is 41.4 Å². The molecule has 2 aromatic carbocycles. The van der Waals surface area contributed by atoms with Crippen molar-refractivity contribution in [2.75, 3.05) is 37.7 Å². The number of nitrogens with two attached hydrogens (primary N) is 1. The zero-order valence-corrected chi connectivity index (χ0v) is 24.8. The first-order valence-electron chi connectivity index (χ1n) is 15.6. The molecule has 8 nitrogen and oxygen atoms in total. The number of anilines is 1. The van der Waals surface area contributed by atoms with Crippen molar-refractivity contribution in [3.8, 4) is 23.0 Å². The van der Waals surface area contributed by atoms with Gasteiger partial charge in [0.15, 0.2) is 5.82 Å². The van der Waals surface area contributed by atoms with Crippen LogP contribution in [0.25, 0.3) is 32.9 Å². The van der Waals surface area contributed by atoms with Crippen LogP contribution in [-0.2, 0) is 6.42 Å². The van der Waals surface area contributed by atoms with Gasteiger partial charge in [-0.05, 0) is 73.2 Å². The molecule has 7 rings (SSSR count). The molecule has 0 unspecified atom stereocenters. The van der Waals surface area contributed by atoms with Crippen LogP contribution in [0.5, 0.6) is 11.8 Å². The first-order chi connectivity index (χ1) is 21.3. The highest BCUT2D eigenvalue weighted by Gasteiger charge is 2.49. The van der Waals surface area contributed by atoms with Crippen molar-refractivity contribution in [3.63, 3.8) is 0 Å². The quantitative estimate of drug-likeness (QED) is 0.290. The largest absolute Gasteiger partial charge is 0.508 e. The van der Waals surface area contributed by atoms with E-state index >= 15 is 4.39 Å². The molecular weight excluding hydrogens is 569 g/mol. The molecule has 0 spiro atoms. The molecule has 0 bridgehead atoms. The number of ether oxygens (including phenoxy) is 1. The van der Waals surface area contributed by atoms with Gasteiger partial charge in [-0.25, -0.2) is 13.2 Å². The maximum absolute atomic E-state index is 16.8. The van der Waals surface area contributed by atoms with Crippen LogP contribution in [0.15, 0.2) is 30.5 Å². The second kappa shape index (κ2) is 11.3. The number of phenols is 1. The van der Waals surface area contributed by atoms with Crippen molar-refractivity contribution in [3.05, 3.63) is 47.7 Å². The Balaban J connectivity index is 1.38. The number of nitrogens with zero attached hydrogens (tertiary/aromatic N) is 5. The van der Waals surface area contributed by atoms with Gasteiger partial charge in [-0.15, -0.1) is 0 Å². The van der Waals surface area contributed by atoms with Crippen LogP contribution in [0.2, 0.25) is 0 Å². The lowest BCUT2D eigenvalue weighted by Gasteiger charge is -2.31. The highest BCUT2D eigenvalue weighted by atomic mass is 19.1. The molecule has 0 saturated carbocycles. The molecule has 3 saturated heterocycles. The van der Waals surface area contributed by atoms with Crippen molar-refractivity contribution < 1.29 is 23.0 Å². The van der Waals surface area contributed by atoms with E-state index in [2.05, 4.69) is 14.9 Å². The first-order valence-corrected chi connectivity index (χ1v) is 15.6. The number of hydrogen-bond donors (Lipinski definition) is 2.